The van der Waals surface area contributed by atoms with E-state index < -0.39 is 17.4 Å². The van der Waals surface area contributed by atoms with Crippen LogP contribution in [0.2, 0.25) is 0 Å². The van der Waals surface area contributed by atoms with Gasteiger partial charge in [-0.1, -0.05) is 0 Å². The number of rotatable bonds is 5. The Morgan fingerprint density at radius 3 is 2.30 bits per heavy atom. The van der Waals surface area contributed by atoms with Gasteiger partial charge in [0.25, 0.3) is 0 Å². The van der Waals surface area contributed by atoms with Crippen LogP contribution in [0.4, 0.5) is 16.3 Å². The van der Waals surface area contributed by atoms with Gasteiger partial charge in [-0.05, 0) is 73.8 Å². The highest BCUT2D eigenvalue weighted by atomic mass is 80.0. The minimum Gasteiger partial charge on any atom is -0.453 e. The highest BCUT2D eigenvalue weighted by Gasteiger charge is 2.41. The molecule has 1 heterocycles. The molecule has 0 aliphatic heterocycles. The summed E-state index contributed by atoms with van der Waals surface area (Å²) in [5.74, 6) is 0.487. The van der Waals surface area contributed by atoms with E-state index in [2.05, 4.69) is 62.8 Å². The summed E-state index contributed by atoms with van der Waals surface area (Å²) in [4.78, 5) is 17.5. The number of hydrogen-bond donors (Lipinski definition) is 1. The second kappa shape index (κ2) is 8.13. The van der Waals surface area contributed by atoms with E-state index in [1.165, 1.54) is 13.2 Å². The Bertz CT molecular complexity index is 673. The lowest BCUT2D eigenvalue weighted by Crippen LogP contribution is -2.26. The lowest BCUT2D eigenvalue weighted by Gasteiger charge is -2.22. The number of ether oxygens (including phenoxy) is 1. The number of amides is 1. The zero-order valence-electron chi connectivity index (χ0n) is 12.6. The molecule has 0 bridgehead atoms. The van der Waals surface area contributed by atoms with Crippen molar-refractivity contribution in [2.45, 2.75) is 20.3 Å². The van der Waals surface area contributed by atoms with Crippen LogP contribution in [0.15, 0.2) is 17.2 Å². The Morgan fingerprint density at radius 1 is 1.30 bits per heavy atom. The van der Waals surface area contributed by atoms with Crippen LogP contribution in [0.1, 0.15) is 13.8 Å². The lowest BCUT2D eigenvalue weighted by molar-refractivity contribution is 0.187. The van der Waals surface area contributed by atoms with Crippen molar-refractivity contribution in [3.05, 3.63) is 12.1 Å². The van der Waals surface area contributed by atoms with Crippen molar-refractivity contribution in [1.82, 2.24) is 4.98 Å². The number of methoxy groups -OCH3 is 1. The number of aromatic nitrogens is 1. The van der Waals surface area contributed by atoms with Crippen molar-refractivity contribution in [3.8, 4) is 0 Å². The first-order valence-corrected chi connectivity index (χ1v) is 10.4. The van der Waals surface area contributed by atoms with Crippen LogP contribution >= 0.6 is 47.8 Å². The summed E-state index contributed by atoms with van der Waals surface area (Å²) in [5, 5.41) is 2.06. The predicted molar refractivity (Wildman–Crippen MR) is 101 cm³/mol. The third-order valence-electron chi connectivity index (χ3n) is 2.91. The Labute approximate surface area is 160 Å². The van der Waals surface area contributed by atoms with Gasteiger partial charge in [-0.25, -0.2) is 18.2 Å². The SMILES string of the molecule is CCN(CC)c1ccc(NC(=O)OC)c(S(=O)(=O)C(Br)(Br)Br)n1. The molecule has 0 radical (unpaired) electrons. The number of hydrogen-bond acceptors (Lipinski definition) is 6. The topological polar surface area (TPSA) is 88.6 Å². The fraction of sp³-hybridized carbons (Fsp3) is 0.500. The molecule has 0 atom stereocenters. The van der Waals surface area contributed by atoms with Crippen molar-refractivity contribution in [1.29, 1.82) is 0 Å². The normalized spacial score (nSPS) is 11.9. The van der Waals surface area contributed by atoms with Gasteiger partial charge < -0.3 is 9.64 Å². The number of halogens is 3. The average Bonchev–Trinajstić information content (AvgIpc) is 2.48. The lowest BCUT2D eigenvalue weighted by atomic mass is 10.3. The molecule has 1 N–H and O–H groups in total. The van der Waals surface area contributed by atoms with Crippen molar-refractivity contribution in [2.24, 2.45) is 0 Å². The maximum Gasteiger partial charge on any atom is 0.411 e. The highest BCUT2D eigenvalue weighted by Crippen LogP contribution is 2.44. The summed E-state index contributed by atoms with van der Waals surface area (Å²) >= 11 is 8.99. The van der Waals surface area contributed by atoms with E-state index in [1.807, 2.05) is 18.7 Å². The van der Waals surface area contributed by atoms with Gasteiger partial charge in [0, 0.05) is 13.1 Å². The first-order chi connectivity index (χ1) is 10.6. The maximum atomic E-state index is 12.7. The standard InChI is InChI=1S/C12H16Br3N3O4S/c1-4-18(5-2)9-7-6-8(16-11(19)22-3)10(17-9)23(20,21)12(13,14)15/h6-7H,4-5H2,1-3H3,(H,16,19). The van der Waals surface area contributed by atoms with E-state index in [9.17, 15) is 13.2 Å². The quantitative estimate of drug-likeness (QED) is 0.577. The molecule has 1 amide bonds. The smallest absolute Gasteiger partial charge is 0.411 e. The van der Waals surface area contributed by atoms with Crippen LogP contribution in [0.3, 0.4) is 0 Å². The van der Waals surface area contributed by atoms with Crippen molar-refractivity contribution in [2.75, 3.05) is 30.4 Å². The van der Waals surface area contributed by atoms with Gasteiger partial charge >= 0.3 is 6.09 Å². The van der Waals surface area contributed by atoms with Crippen LogP contribution in [0.25, 0.3) is 0 Å². The van der Waals surface area contributed by atoms with Crippen molar-refractivity contribution >= 4 is 75.2 Å². The summed E-state index contributed by atoms with van der Waals surface area (Å²) in [6, 6.07) is 3.11. The van der Waals surface area contributed by atoms with Gasteiger partial charge in [0.05, 0.1) is 12.8 Å². The third kappa shape index (κ3) is 4.80. The molecule has 7 nitrogen and oxygen atoms in total. The molecule has 0 saturated heterocycles. The molecule has 130 valence electrons. The van der Waals surface area contributed by atoms with Crippen LogP contribution < -0.4 is 10.2 Å². The molecule has 0 unspecified atom stereocenters. The molecular formula is C12H16Br3N3O4S. The molecule has 1 aromatic rings. The van der Waals surface area contributed by atoms with Crippen molar-refractivity contribution in [3.63, 3.8) is 0 Å². The Balaban J connectivity index is 3.53. The zero-order chi connectivity index (χ0) is 17.8. The van der Waals surface area contributed by atoms with E-state index in [4.69, 9.17) is 0 Å². The fourth-order valence-corrected chi connectivity index (χ4v) is 3.95. The Hall–Kier alpha value is -0.390. The van der Waals surface area contributed by atoms with Crippen LogP contribution in [-0.4, -0.2) is 41.2 Å². The Kier molecular flexibility index (Phi) is 7.30. The van der Waals surface area contributed by atoms with E-state index in [1.54, 1.807) is 6.07 Å². The number of nitrogens with zero attached hydrogens (tertiary/aromatic N) is 2. The van der Waals surface area contributed by atoms with Gasteiger partial charge in [-0.3, -0.25) is 5.32 Å². The van der Waals surface area contributed by atoms with Crippen LogP contribution in [0, 0.1) is 0 Å². The van der Waals surface area contributed by atoms with Crippen LogP contribution in [0.5, 0.6) is 0 Å². The van der Waals surface area contributed by atoms with Crippen molar-refractivity contribution < 1.29 is 17.9 Å². The molecule has 0 aromatic carbocycles. The largest absolute Gasteiger partial charge is 0.453 e. The van der Waals surface area contributed by atoms with E-state index >= 15 is 0 Å². The van der Waals surface area contributed by atoms with E-state index in [0.717, 1.165) is 0 Å². The van der Waals surface area contributed by atoms with Gasteiger partial charge in [0.1, 0.15) is 5.82 Å². The molecule has 0 spiro atoms. The first kappa shape index (κ1) is 20.7. The highest BCUT2D eigenvalue weighted by molar-refractivity contribution is 9.42. The first-order valence-electron chi connectivity index (χ1n) is 6.50. The van der Waals surface area contributed by atoms with Gasteiger partial charge in [0.2, 0.25) is 11.3 Å². The molecule has 0 fully saturated rings. The number of alkyl halides is 3. The predicted octanol–water partition coefficient (Wildman–Crippen LogP) is 3.68. The van der Waals surface area contributed by atoms with Gasteiger partial charge in [-0.2, -0.15) is 0 Å². The van der Waals surface area contributed by atoms with Crippen LogP contribution in [-0.2, 0) is 14.6 Å². The summed E-state index contributed by atoms with van der Waals surface area (Å²) in [6.07, 6.45) is -0.789. The molecule has 1 rings (SSSR count). The summed E-state index contributed by atoms with van der Waals surface area (Å²) < 4.78 is 28.3. The van der Waals surface area contributed by atoms with Gasteiger partial charge in [-0.15, -0.1) is 0 Å². The molecule has 1 aromatic heterocycles. The third-order valence-corrected chi connectivity index (χ3v) is 8.18. The molecule has 0 aliphatic rings. The summed E-state index contributed by atoms with van der Waals surface area (Å²) in [6.45, 7) is 5.19. The number of pyridine rings is 1. The van der Waals surface area contributed by atoms with E-state index in [-0.39, 0.29) is 10.7 Å². The summed E-state index contributed by atoms with van der Waals surface area (Å²) in [5.41, 5.74) is 0.0236. The molecule has 11 heteroatoms. The number of carbonyl (C=O) groups is 1. The number of sulfone groups is 1. The maximum absolute atomic E-state index is 12.7. The minimum atomic E-state index is -3.99. The van der Waals surface area contributed by atoms with E-state index in [0.29, 0.717) is 18.9 Å². The van der Waals surface area contributed by atoms with Gasteiger partial charge in [0.15, 0.2) is 5.03 Å². The second-order valence-electron chi connectivity index (χ2n) is 4.26. The molecular weight excluding hydrogens is 522 g/mol. The number of anilines is 2. The fourth-order valence-electron chi connectivity index (χ4n) is 1.72. The minimum absolute atomic E-state index is 0.0236. The summed E-state index contributed by atoms with van der Waals surface area (Å²) in [7, 11) is -2.81. The second-order valence-corrected chi connectivity index (χ2v) is 14.6. The molecule has 23 heavy (non-hydrogen) atoms. The molecule has 0 saturated carbocycles. The Morgan fingerprint density at radius 2 is 1.87 bits per heavy atom. The number of carbonyl (C=O) groups excluding carboxylic acids is 1. The monoisotopic (exact) mass is 535 g/mol. The molecule has 0 aliphatic carbocycles. The average molecular weight is 538 g/mol. The zero-order valence-corrected chi connectivity index (χ0v) is 18.2. The number of nitrogens with one attached hydrogen (secondary N) is 1.